The van der Waals surface area contributed by atoms with E-state index in [2.05, 4.69) is 0 Å². The van der Waals surface area contributed by atoms with Crippen molar-refractivity contribution in [3.05, 3.63) is 0 Å². The molecule has 0 saturated heterocycles. The van der Waals surface area contributed by atoms with Crippen molar-refractivity contribution in [2.24, 2.45) is 0 Å². The summed E-state index contributed by atoms with van der Waals surface area (Å²) >= 11 is 0. The van der Waals surface area contributed by atoms with Crippen LogP contribution in [0.15, 0.2) is 0 Å². The first-order valence-electron chi connectivity index (χ1n) is 1.43. The summed E-state index contributed by atoms with van der Waals surface area (Å²) in [4.78, 5) is 30.1. The SMILES string of the molecule is O=C(O)O.O=P(O)(O)O.[Co].[Fe].[LiH].[LiH]. The van der Waals surface area contributed by atoms with Gasteiger partial charge in [-0.1, -0.05) is 0 Å². The summed E-state index contributed by atoms with van der Waals surface area (Å²) in [5.74, 6) is 0. The van der Waals surface area contributed by atoms with Crippen LogP contribution in [0.3, 0.4) is 0 Å². The Hall–Kier alpha value is 1.60. The van der Waals surface area contributed by atoms with Gasteiger partial charge in [-0.3, -0.25) is 0 Å². The van der Waals surface area contributed by atoms with Gasteiger partial charge < -0.3 is 24.9 Å². The zero-order valence-electron chi connectivity index (χ0n) is 4.69. The summed E-state index contributed by atoms with van der Waals surface area (Å²) in [6.45, 7) is 0. The van der Waals surface area contributed by atoms with Gasteiger partial charge in [0.25, 0.3) is 0 Å². The maximum atomic E-state index is 8.88. The Kier molecular flexibility index (Phi) is 54.0. The molecule has 0 aromatic rings. The molecular weight excluding hydrogens is 284 g/mol. The molecule has 0 atom stereocenters. The predicted octanol–water partition coefficient (Wildman–Crippen LogP) is -2.01. The van der Waals surface area contributed by atoms with Crippen LogP contribution in [0.25, 0.3) is 0 Å². The third-order valence-corrected chi connectivity index (χ3v) is 0. The van der Waals surface area contributed by atoms with Gasteiger partial charge in [0.1, 0.15) is 0 Å². The summed E-state index contributed by atoms with van der Waals surface area (Å²) in [7, 11) is -4.64. The fourth-order valence-corrected chi connectivity index (χ4v) is 0. The zero-order valence-corrected chi connectivity index (χ0v) is 7.73. The number of carbonyl (C=O) groups is 1. The van der Waals surface area contributed by atoms with Crippen LogP contribution >= 0.6 is 7.82 Å². The second kappa shape index (κ2) is 19.2. The number of hydrogen-bond acceptors (Lipinski definition) is 2. The second-order valence-electron chi connectivity index (χ2n) is 0.796. The van der Waals surface area contributed by atoms with E-state index < -0.39 is 14.0 Å². The Morgan fingerprint density at radius 3 is 1.00 bits per heavy atom. The van der Waals surface area contributed by atoms with Gasteiger partial charge in [0, 0.05) is 33.8 Å². The summed E-state index contributed by atoms with van der Waals surface area (Å²) in [5.41, 5.74) is 0. The van der Waals surface area contributed by atoms with E-state index in [1.54, 1.807) is 0 Å². The first kappa shape index (κ1) is 36.5. The molecule has 0 amide bonds. The summed E-state index contributed by atoms with van der Waals surface area (Å²) in [5, 5.41) is 13.9. The van der Waals surface area contributed by atoms with Crippen molar-refractivity contribution < 1.29 is 68.1 Å². The van der Waals surface area contributed by atoms with Gasteiger partial charge in [-0.2, -0.15) is 0 Å². The fraction of sp³-hybridized carbons (Fsp3) is 0. The van der Waals surface area contributed by atoms with Gasteiger partial charge >= 0.3 is 51.7 Å². The Labute approximate surface area is 119 Å². The van der Waals surface area contributed by atoms with Gasteiger partial charge in [0.2, 0.25) is 0 Å². The zero-order chi connectivity index (χ0) is 8.08. The minimum absolute atomic E-state index is 0. The van der Waals surface area contributed by atoms with E-state index in [-0.39, 0.29) is 71.6 Å². The van der Waals surface area contributed by atoms with Crippen LogP contribution in [-0.4, -0.2) is 68.8 Å². The predicted molar refractivity (Wildman–Crippen MR) is 39.2 cm³/mol. The van der Waals surface area contributed by atoms with Crippen molar-refractivity contribution >= 4 is 51.7 Å². The first-order valence-corrected chi connectivity index (χ1v) is 3.00. The van der Waals surface area contributed by atoms with E-state index in [0.29, 0.717) is 0 Å². The molecule has 5 N–H and O–H groups in total. The molecule has 0 spiro atoms. The molecule has 0 fully saturated rings. The number of hydrogen-bond donors (Lipinski definition) is 5. The molecule has 0 saturated carbocycles. The molecule has 77 valence electrons. The molecule has 0 unspecified atom stereocenters. The van der Waals surface area contributed by atoms with Crippen molar-refractivity contribution in [3.63, 3.8) is 0 Å². The fourth-order valence-electron chi connectivity index (χ4n) is 0. The molecule has 0 aromatic heterocycles. The number of carboxylic acid groups (broad SMARTS) is 2. The monoisotopic (exact) mass is 291 g/mol. The van der Waals surface area contributed by atoms with Crippen LogP contribution in [0, 0.1) is 0 Å². The standard InChI is InChI=1S/CH2O3.Co.Fe.2Li.H3O4P.2H/c2-1(3)4;;;;;1-5(2,3)4;;/h(H2,2,3,4);;;;;(H3,1,2,3,4);;. The van der Waals surface area contributed by atoms with Gasteiger partial charge in [0.15, 0.2) is 0 Å². The van der Waals surface area contributed by atoms with Crippen molar-refractivity contribution in [2.75, 3.05) is 0 Å². The van der Waals surface area contributed by atoms with E-state index in [1.165, 1.54) is 0 Å². The molecule has 1 radical (unpaired) electrons. The topological polar surface area (TPSA) is 135 Å². The van der Waals surface area contributed by atoms with Crippen LogP contribution in [-0.2, 0) is 38.4 Å². The minimum atomic E-state index is -4.64. The van der Waals surface area contributed by atoms with Gasteiger partial charge in [-0.15, -0.1) is 0 Å². The molecule has 0 heterocycles. The quantitative estimate of drug-likeness (QED) is 0.257. The van der Waals surface area contributed by atoms with Gasteiger partial charge in [0.05, 0.1) is 0 Å². The van der Waals surface area contributed by atoms with Crippen molar-refractivity contribution in [1.29, 1.82) is 0 Å². The Bertz CT molecular complexity index is 126. The molecule has 0 aliphatic rings. The van der Waals surface area contributed by atoms with Crippen LogP contribution in [0.2, 0.25) is 0 Å². The van der Waals surface area contributed by atoms with Crippen LogP contribution < -0.4 is 0 Å². The van der Waals surface area contributed by atoms with Crippen molar-refractivity contribution in [2.45, 2.75) is 0 Å². The Balaban J connectivity index is -0.0000000146. The second-order valence-corrected chi connectivity index (χ2v) is 1.82. The molecule has 0 rings (SSSR count). The maximum absolute atomic E-state index is 8.88. The number of rotatable bonds is 0. The average Bonchev–Trinajstić information content (AvgIpc) is 1.19. The molecule has 0 aromatic carbocycles. The third-order valence-electron chi connectivity index (χ3n) is 0. The molecule has 13 heavy (non-hydrogen) atoms. The summed E-state index contributed by atoms with van der Waals surface area (Å²) in [6.07, 6.45) is -1.83. The Morgan fingerprint density at radius 1 is 1.00 bits per heavy atom. The summed E-state index contributed by atoms with van der Waals surface area (Å²) < 4.78 is 8.88. The van der Waals surface area contributed by atoms with E-state index in [9.17, 15) is 0 Å². The molecule has 12 heteroatoms. The number of phosphoric acid groups is 1. The molecular formula is CH7CoFeLi2O7P. The average molecular weight is 291 g/mol. The van der Waals surface area contributed by atoms with Crippen LogP contribution in [0.4, 0.5) is 4.79 Å². The normalized spacial score (nSPS) is 6.38. The van der Waals surface area contributed by atoms with Crippen LogP contribution in [0.5, 0.6) is 0 Å². The van der Waals surface area contributed by atoms with E-state index in [4.69, 9.17) is 34.3 Å². The van der Waals surface area contributed by atoms with Crippen molar-refractivity contribution in [1.82, 2.24) is 0 Å². The van der Waals surface area contributed by atoms with Gasteiger partial charge in [-0.25, -0.2) is 9.36 Å². The van der Waals surface area contributed by atoms with Crippen molar-refractivity contribution in [3.8, 4) is 0 Å². The Morgan fingerprint density at radius 2 is 1.00 bits per heavy atom. The summed E-state index contributed by atoms with van der Waals surface area (Å²) in [6, 6.07) is 0. The van der Waals surface area contributed by atoms with Crippen LogP contribution in [0.1, 0.15) is 0 Å². The third kappa shape index (κ3) is 714. The molecule has 7 nitrogen and oxygen atoms in total. The molecule has 0 aliphatic carbocycles. The van der Waals surface area contributed by atoms with E-state index in [1.807, 2.05) is 0 Å². The molecule has 0 aliphatic heterocycles. The van der Waals surface area contributed by atoms with Gasteiger partial charge in [-0.05, 0) is 0 Å². The molecule has 0 bridgehead atoms. The van der Waals surface area contributed by atoms with E-state index >= 15 is 0 Å². The van der Waals surface area contributed by atoms with E-state index in [0.717, 1.165) is 0 Å². The first-order chi connectivity index (χ1) is 3.73.